The molecule has 7 rings (SSSR count). The number of ether oxygens (including phenoxy) is 2. The van der Waals surface area contributed by atoms with Crippen molar-refractivity contribution in [3.8, 4) is 29.4 Å². The van der Waals surface area contributed by atoms with E-state index in [4.69, 9.17) is 25.6 Å². The number of hydrogen-bond donors (Lipinski definition) is 2. The van der Waals surface area contributed by atoms with Crippen molar-refractivity contribution in [1.29, 1.82) is 5.26 Å². The molecule has 0 saturated carbocycles. The van der Waals surface area contributed by atoms with Crippen LogP contribution in [-0.2, 0) is 15.9 Å². The summed E-state index contributed by atoms with van der Waals surface area (Å²) < 4.78 is 19.3. The van der Waals surface area contributed by atoms with Crippen LogP contribution in [0.3, 0.4) is 0 Å². The van der Waals surface area contributed by atoms with Gasteiger partial charge >= 0.3 is 0 Å². The first-order valence-corrected chi connectivity index (χ1v) is 12.6. The van der Waals surface area contributed by atoms with E-state index in [1.165, 1.54) is 4.57 Å². The maximum absolute atomic E-state index is 11.6. The second kappa shape index (κ2) is 7.87. The lowest BCUT2D eigenvalue weighted by Crippen LogP contribution is -2.25. The number of hydrogen-bond acceptors (Lipinski definition) is 8. The maximum atomic E-state index is 11.6. The Hall–Kier alpha value is -4.26. The van der Waals surface area contributed by atoms with E-state index in [0.717, 1.165) is 0 Å². The zero-order chi connectivity index (χ0) is 26.2. The third kappa shape index (κ3) is 3.01. The average Bonchev–Trinajstić information content (AvgIpc) is 3.62. The summed E-state index contributed by atoms with van der Waals surface area (Å²) in [5.41, 5.74) is 1.51. The summed E-state index contributed by atoms with van der Waals surface area (Å²) in [6.45, 7) is 2.16. The van der Waals surface area contributed by atoms with Crippen LogP contribution in [0, 0.1) is 11.3 Å². The Morgan fingerprint density at radius 2 is 1.97 bits per heavy atom. The third-order valence-electron chi connectivity index (χ3n) is 7.78. The van der Waals surface area contributed by atoms with Gasteiger partial charge in [0.1, 0.15) is 11.7 Å². The molecule has 0 radical (unpaired) electrons. The van der Waals surface area contributed by atoms with Crippen molar-refractivity contribution in [3.05, 3.63) is 70.4 Å². The lowest BCUT2D eigenvalue weighted by Gasteiger charge is -2.26. The number of benzene rings is 2. The van der Waals surface area contributed by atoms with Crippen LogP contribution in [0.2, 0.25) is 5.02 Å². The molecular weight excluding hydrogens is 508 g/mol. The molecule has 5 heterocycles. The normalized spacial score (nSPS) is 21.7. The summed E-state index contributed by atoms with van der Waals surface area (Å²) in [5.74, 6) is 0.142. The number of rotatable bonds is 5. The van der Waals surface area contributed by atoms with Gasteiger partial charge in [-0.1, -0.05) is 11.6 Å². The Morgan fingerprint density at radius 1 is 1.13 bits per heavy atom. The van der Waals surface area contributed by atoms with Crippen molar-refractivity contribution in [2.75, 3.05) is 6.61 Å². The zero-order valence-electron chi connectivity index (χ0n) is 20.2. The molecule has 9 nitrogen and oxygen atoms in total. The van der Waals surface area contributed by atoms with Crippen molar-refractivity contribution < 1.29 is 24.2 Å². The van der Waals surface area contributed by atoms with Crippen molar-refractivity contribution in [2.45, 2.75) is 37.4 Å². The molecule has 38 heavy (non-hydrogen) atoms. The second-order valence-electron chi connectivity index (χ2n) is 9.93. The summed E-state index contributed by atoms with van der Waals surface area (Å²) in [4.78, 5) is 4.36. The fraction of sp³-hybridized carbons (Fsp3) is 0.250. The van der Waals surface area contributed by atoms with Crippen LogP contribution < -0.4 is 4.74 Å². The van der Waals surface area contributed by atoms with Gasteiger partial charge in [0.15, 0.2) is 5.58 Å². The zero-order valence-corrected chi connectivity index (χ0v) is 21.0. The topological polar surface area (TPSA) is 127 Å². The molecule has 0 unspecified atom stereocenters. The van der Waals surface area contributed by atoms with Crippen molar-refractivity contribution in [1.82, 2.24) is 14.7 Å². The summed E-state index contributed by atoms with van der Waals surface area (Å²) >= 11 is 6.13. The van der Waals surface area contributed by atoms with Gasteiger partial charge in [0, 0.05) is 23.0 Å². The number of pyridine rings is 1. The van der Waals surface area contributed by atoms with E-state index in [1.807, 2.05) is 13.0 Å². The highest BCUT2D eigenvalue weighted by atomic mass is 35.5. The number of aromatic nitrogens is 3. The first-order chi connectivity index (χ1) is 18.3. The molecule has 190 valence electrons. The van der Waals surface area contributed by atoms with Gasteiger partial charge in [-0.25, -0.2) is 0 Å². The van der Waals surface area contributed by atoms with Gasteiger partial charge in [0.25, 0.3) is 5.88 Å². The smallest absolute Gasteiger partial charge is 0.262 e. The second-order valence-corrected chi connectivity index (χ2v) is 10.4. The molecule has 2 bridgehead atoms. The highest BCUT2D eigenvalue weighted by Gasteiger charge is 2.61. The van der Waals surface area contributed by atoms with Crippen LogP contribution >= 0.6 is 11.6 Å². The molecule has 2 atom stereocenters. The number of nitrogens with zero attached hydrogens (tertiary/aromatic N) is 4. The van der Waals surface area contributed by atoms with Gasteiger partial charge in [-0.2, -0.15) is 5.26 Å². The van der Waals surface area contributed by atoms with Crippen LogP contribution in [0.1, 0.15) is 42.9 Å². The number of halogens is 1. The molecule has 5 aromatic rings. The van der Waals surface area contributed by atoms with E-state index < -0.39 is 11.2 Å². The molecule has 2 N–H and O–H groups in total. The number of fused-ring (bicyclic) bond motifs is 7. The Balaban J connectivity index is 1.28. The Labute approximate surface area is 221 Å². The van der Waals surface area contributed by atoms with Crippen LogP contribution in [0.25, 0.3) is 27.6 Å². The van der Waals surface area contributed by atoms with E-state index in [9.17, 15) is 15.5 Å². The molecule has 1 fully saturated rings. The van der Waals surface area contributed by atoms with Gasteiger partial charge in [-0.3, -0.25) is 9.55 Å². The number of aromatic hydroxyl groups is 2. The Morgan fingerprint density at radius 3 is 2.82 bits per heavy atom. The molecule has 0 spiro atoms. The molecule has 2 aromatic carbocycles. The van der Waals surface area contributed by atoms with E-state index in [-0.39, 0.29) is 18.4 Å². The fourth-order valence-corrected chi connectivity index (χ4v) is 6.26. The van der Waals surface area contributed by atoms with Gasteiger partial charge in [0.2, 0.25) is 11.8 Å². The Kier molecular flexibility index (Phi) is 4.74. The largest absolute Gasteiger partial charge is 0.494 e. The monoisotopic (exact) mass is 528 g/mol. The number of nitriles is 1. The molecule has 0 aliphatic carbocycles. The summed E-state index contributed by atoms with van der Waals surface area (Å²) in [6, 6.07) is 14.3. The standard InChI is InChI=1S/C28H21ClN4O5/c1-27-8-9-28(38-27,10-12-36-24-18-13-16(29)5-7-20(18)37-32-24)22-21(27)25(34)33(26(22)35)19-6-4-15(14-30)23-17(19)3-2-11-31-23/h2-7,11,13,34-35H,8-10,12H2,1H3/t27-,28-/m1/s1. The van der Waals surface area contributed by atoms with Crippen molar-refractivity contribution in [2.24, 2.45) is 0 Å². The Bertz CT molecular complexity index is 1820. The third-order valence-corrected chi connectivity index (χ3v) is 8.02. The summed E-state index contributed by atoms with van der Waals surface area (Å²) in [7, 11) is 0. The SMILES string of the molecule is C[C@]12CC[C@](CCOc3noc4ccc(Cl)cc34)(O1)c1c2c(O)n(-c2ccc(C#N)c3ncccc23)c1O. The highest BCUT2D eigenvalue weighted by molar-refractivity contribution is 6.31. The van der Waals surface area contributed by atoms with Crippen molar-refractivity contribution >= 4 is 33.5 Å². The predicted octanol–water partition coefficient (Wildman–Crippen LogP) is 5.81. The van der Waals surface area contributed by atoms with Crippen LogP contribution in [-0.4, -0.2) is 31.5 Å². The molecule has 0 amide bonds. The van der Waals surface area contributed by atoms with Gasteiger partial charge in [-0.15, -0.1) is 0 Å². The van der Waals surface area contributed by atoms with E-state index in [0.29, 0.717) is 74.4 Å². The average molecular weight is 529 g/mol. The first-order valence-electron chi connectivity index (χ1n) is 12.2. The molecule has 2 aliphatic rings. The minimum absolute atomic E-state index is 0.0884. The predicted molar refractivity (Wildman–Crippen MR) is 138 cm³/mol. The molecule has 3 aromatic heterocycles. The van der Waals surface area contributed by atoms with Gasteiger partial charge in [0.05, 0.1) is 45.5 Å². The fourth-order valence-electron chi connectivity index (χ4n) is 6.08. The van der Waals surface area contributed by atoms with Crippen LogP contribution in [0.5, 0.6) is 17.6 Å². The molecule has 2 aliphatic heterocycles. The minimum atomic E-state index is -0.852. The van der Waals surface area contributed by atoms with Crippen molar-refractivity contribution in [3.63, 3.8) is 0 Å². The van der Waals surface area contributed by atoms with Gasteiger partial charge < -0.3 is 24.2 Å². The quantitative estimate of drug-likeness (QED) is 0.293. The van der Waals surface area contributed by atoms with E-state index in [1.54, 1.807) is 42.6 Å². The summed E-state index contributed by atoms with van der Waals surface area (Å²) in [6.07, 6.45) is 3.35. The first kappa shape index (κ1) is 22.9. The summed E-state index contributed by atoms with van der Waals surface area (Å²) in [5, 5.41) is 38.4. The van der Waals surface area contributed by atoms with E-state index >= 15 is 0 Å². The van der Waals surface area contributed by atoms with Gasteiger partial charge in [-0.05, 0) is 67.4 Å². The van der Waals surface area contributed by atoms with E-state index in [2.05, 4.69) is 16.2 Å². The molecular formula is C28H21ClN4O5. The highest BCUT2D eigenvalue weighted by Crippen LogP contribution is 2.65. The molecule has 1 saturated heterocycles. The van der Waals surface area contributed by atoms with Crippen LogP contribution in [0.15, 0.2) is 53.2 Å². The maximum Gasteiger partial charge on any atom is 0.262 e. The lowest BCUT2D eigenvalue weighted by molar-refractivity contribution is -0.0877. The molecule has 10 heteroatoms. The van der Waals surface area contributed by atoms with Crippen LogP contribution in [0.4, 0.5) is 0 Å². The lowest BCUT2D eigenvalue weighted by atomic mass is 9.78. The minimum Gasteiger partial charge on any atom is -0.494 e.